The van der Waals surface area contributed by atoms with Crippen LogP contribution in [-0.2, 0) is 16.1 Å². The molecule has 0 N–H and O–H groups in total. The lowest BCUT2D eigenvalue weighted by molar-refractivity contribution is -0.229. The second kappa shape index (κ2) is 11.6. The Balaban J connectivity index is 1.20. The maximum absolute atomic E-state index is 14.3. The Hall–Kier alpha value is -2.94. The van der Waals surface area contributed by atoms with Gasteiger partial charge in [0.2, 0.25) is 0 Å². The molecule has 4 saturated carbocycles. The Morgan fingerprint density at radius 2 is 1.50 bits per heavy atom. The van der Waals surface area contributed by atoms with E-state index in [-0.39, 0.29) is 33.4 Å². The minimum atomic E-state index is -0.394. The van der Waals surface area contributed by atoms with Gasteiger partial charge in [0.1, 0.15) is 6.61 Å². The van der Waals surface area contributed by atoms with E-state index in [1.54, 1.807) is 6.92 Å². The number of fused-ring (bicyclic) bond motifs is 7. The van der Waals surface area contributed by atoms with Crippen molar-refractivity contribution >= 4 is 17.3 Å². The minimum absolute atomic E-state index is 0.0462. The molecule has 7 rings (SSSR count). The molecule has 9 atom stereocenters. The van der Waals surface area contributed by atoms with Gasteiger partial charge < -0.3 is 4.74 Å². The normalized spacial score (nSPS) is 39.6. The molecule has 4 fully saturated rings. The number of allylic oxidation sites excluding steroid dienone is 3. The Morgan fingerprint density at radius 3 is 2.17 bits per heavy atom. The summed E-state index contributed by atoms with van der Waals surface area (Å²) in [6, 6.07) is 18.5. The van der Waals surface area contributed by atoms with Gasteiger partial charge in [0.25, 0.3) is 0 Å². The zero-order valence-corrected chi connectivity index (χ0v) is 30.7. The van der Waals surface area contributed by atoms with Gasteiger partial charge in [-0.15, -0.1) is 0 Å². The highest BCUT2D eigenvalue weighted by Gasteiger charge is 2.71. The maximum atomic E-state index is 14.3. The lowest BCUT2D eigenvalue weighted by Gasteiger charge is -2.72. The molecule has 0 aliphatic heterocycles. The average Bonchev–Trinajstić information content (AvgIpc) is 3.46. The number of ether oxygens (including phenoxy) is 1. The number of rotatable bonds is 6. The van der Waals surface area contributed by atoms with Crippen LogP contribution in [-0.4, -0.2) is 11.8 Å². The zero-order valence-electron chi connectivity index (χ0n) is 30.7. The summed E-state index contributed by atoms with van der Waals surface area (Å²) in [5.74, 6) is 2.62. The highest BCUT2D eigenvalue weighted by molar-refractivity contribution is 5.94. The smallest absolute Gasteiger partial charge is 0.312 e. The molecule has 0 aromatic heterocycles. The van der Waals surface area contributed by atoms with Gasteiger partial charge in [-0.3, -0.25) is 9.59 Å². The second-order valence-electron chi connectivity index (χ2n) is 18.1. The number of carbonyl (C=O) groups excluding carboxylic acids is 2. The van der Waals surface area contributed by atoms with Crippen molar-refractivity contribution in [2.24, 2.45) is 56.7 Å². The standard InChI is InChI=1S/C45H58O3/c1-29(2)34-20-25-45(40(47)48-28-31-12-10-9-11-13-31)27-26-43(7)36(39(34)45)18-19-38-42(6)23-21-35(33-16-14-32(15-17-33)30(3)46)41(4,5)37(42)22-24-44(38,43)8/h9-17,21,34,36-39H,1,18-20,22-28H2,2-8H3. The van der Waals surface area contributed by atoms with Crippen LogP contribution in [0.25, 0.3) is 5.57 Å². The predicted octanol–water partition coefficient (Wildman–Crippen LogP) is 11.3. The Kier molecular flexibility index (Phi) is 8.08. The third-order valence-electron chi connectivity index (χ3n) is 15.9. The highest BCUT2D eigenvalue weighted by atomic mass is 16.5. The van der Waals surface area contributed by atoms with E-state index in [0.717, 1.165) is 43.2 Å². The number of hydrogen-bond acceptors (Lipinski definition) is 3. The molecule has 3 nitrogen and oxygen atoms in total. The van der Waals surface area contributed by atoms with Crippen molar-refractivity contribution in [3.8, 4) is 0 Å². The molecule has 0 saturated heterocycles. The quantitative estimate of drug-likeness (QED) is 0.178. The molecule has 9 unspecified atom stereocenters. The lowest BCUT2D eigenvalue weighted by Crippen LogP contribution is -2.66. The van der Waals surface area contributed by atoms with E-state index in [2.05, 4.69) is 78.5 Å². The summed E-state index contributed by atoms with van der Waals surface area (Å²) in [5.41, 5.74) is 6.09. The molecule has 0 spiro atoms. The molecular weight excluding hydrogens is 588 g/mol. The lowest BCUT2D eigenvalue weighted by atomic mass is 9.32. The molecule has 0 heterocycles. The van der Waals surface area contributed by atoms with Crippen LogP contribution in [0.4, 0.5) is 0 Å². The maximum Gasteiger partial charge on any atom is 0.312 e. The fraction of sp³-hybridized carbons (Fsp3) is 0.600. The van der Waals surface area contributed by atoms with Crippen molar-refractivity contribution in [1.82, 2.24) is 0 Å². The highest BCUT2D eigenvalue weighted by Crippen LogP contribution is 2.77. The third kappa shape index (κ3) is 4.72. The van der Waals surface area contributed by atoms with Gasteiger partial charge in [0.05, 0.1) is 5.41 Å². The van der Waals surface area contributed by atoms with E-state index >= 15 is 0 Å². The van der Waals surface area contributed by atoms with Crippen molar-refractivity contribution in [3.05, 3.63) is 89.5 Å². The number of esters is 1. The van der Waals surface area contributed by atoms with Crippen LogP contribution in [0.1, 0.15) is 128 Å². The summed E-state index contributed by atoms with van der Waals surface area (Å²) in [5, 5.41) is 0. The molecule has 2 aromatic rings. The van der Waals surface area contributed by atoms with Crippen molar-refractivity contribution in [2.45, 2.75) is 113 Å². The molecule has 5 aliphatic rings. The van der Waals surface area contributed by atoms with Crippen molar-refractivity contribution in [1.29, 1.82) is 0 Å². The van der Waals surface area contributed by atoms with Crippen LogP contribution in [0, 0.1) is 56.7 Å². The number of carbonyl (C=O) groups is 2. The Morgan fingerprint density at radius 1 is 0.792 bits per heavy atom. The first-order valence-corrected chi connectivity index (χ1v) is 18.9. The van der Waals surface area contributed by atoms with Gasteiger partial charge in [0, 0.05) is 5.56 Å². The van der Waals surface area contributed by atoms with Gasteiger partial charge >= 0.3 is 5.97 Å². The largest absolute Gasteiger partial charge is 0.460 e. The molecule has 5 aliphatic carbocycles. The monoisotopic (exact) mass is 646 g/mol. The summed E-state index contributed by atoms with van der Waals surface area (Å²) in [6.45, 7) is 21.7. The fourth-order valence-electron chi connectivity index (χ4n) is 13.3. The molecular formula is C45H58O3. The Bertz CT molecular complexity index is 1630. The minimum Gasteiger partial charge on any atom is -0.460 e. The van der Waals surface area contributed by atoms with Crippen LogP contribution in [0.3, 0.4) is 0 Å². The van der Waals surface area contributed by atoms with Crippen molar-refractivity contribution < 1.29 is 14.3 Å². The average molecular weight is 647 g/mol. The van der Waals surface area contributed by atoms with E-state index in [1.165, 1.54) is 42.4 Å². The summed E-state index contributed by atoms with van der Waals surface area (Å²) in [4.78, 5) is 26.3. The molecule has 0 radical (unpaired) electrons. The summed E-state index contributed by atoms with van der Waals surface area (Å²) in [7, 11) is 0. The summed E-state index contributed by atoms with van der Waals surface area (Å²) in [6.07, 6.45) is 12.7. The number of ketones is 1. The third-order valence-corrected chi connectivity index (χ3v) is 15.9. The van der Waals surface area contributed by atoms with Crippen LogP contribution < -0.4 is 0 Å². The molecule has 0 bridgehead atoms. The number of benzene rings is 2. The van der Waals surface area contributed by atoms with Gasteiger partial charge in [-0.1, -0.05) is 107 Å². The van der Waals surface area contributed by atoms with E-state index in [0.29, 0.717) is 36.2 Å². The number of Topliss-reactive ketones (excluding diaryl/α,β-unsaturated/α-hetero) is 1. The number of hydrogen-bond donors (Lipinski definition) is 0. The van der Waals surface area contributed by atoms with E-state index in [9.17, 15) is 9.59 Å². The van der Waals surface area contributed by atoms with Crippen LogP contribution >= 0.6 is 0 Å². The molecule has 256 valence electrons. The SMILES string of the molecule is C=C(C)C1CCC2(C(=O)OCc3ccccc3)CCC3(C)C(CCC4C5(C)CC=C(c6ccc(C(C)=O)cc6)C(C)(C)C5CCC43C)C12. The first-order chi connectivity index (χ1) is 22.7. The second-order valence-corrected chi connectivity index (χ2v) is 18.1. The van der Waals surface area contributed by atoms with Crippen molar-refractivity contribution in [3.63, 3.8) is 0 Å². The Labute approximate surface area is 290 Å². The predicted molar refractivity (Wildman–Crippen MR) is 195 cm³/mol. The first-order valence-electron chi connectivity index (χ1n) is 18.9. The van der Waals surface area contributed by atoms with Gasteiger partial charge in [0.15, 0.2) is 5.78 Å². The van der Waals surface area contributed by atoms with E-state index in [4.69, 9.17) is 4.74 Å². The van der Waals surface area contributed by atoms with Gasteiger partial charge in [-0.05, 0) is 140 Å². The first kappa shape index (κ1) is 33.6. The fourth-order valence-corrected chi connectivity index (χ4v) is 13.3. The topological polar surface area (TPSA) is 43.4 Å². The van der Waals surface area contributed by atoms with E-state index < -0.39 is 5.41 Å². The van der Waals surface area contributed by atoms with Crippen LogP contribution in [0.5, 0.6) is 0 Å². The van der Waals surface area contributed by atoms with Crippen molar-refractivity contribution in [2.75, 3.05) is 0 Å². The zero-order chi connectivity index (χ0) is 34.3. The molecule has 3 heteroatoms. The van der Waals surface area contributed by atoms with Gasteiger partial charge in [-0.2, -0.15) is 0 Å². The molecule has 48 heavy (non-hydrogen) atoms. The molecule has 2 aromatic carbocycles. The van der Waals surface area contributed by atoms with E-state index in [1.807, 2.05) is 30.3 Å². The summed E-state index contributed by atoms with van der Waals surface area (Å²) < 4.78 is 6.23. The molecule has 0 amide bonds. The summed E-state index contributed by atoms with van der Waals surface area (Å²) >= 11 is 0. The van der Waals surface area contributed by atoms with Crippen LogP contribution in [0.15, 0.2) is 72.8 Å². The van der Waals surface area contributed by atoms with Crippen LogP contribution in [0.2, 0.25) is 0 Å². The van der Waals surface area contributed by atoms with Gasteiger partial charge in [-0.25, -0.2) is 0 Å².